The van der Waals surface area contributed by atoms with Crippen LogP contribution >= 0.6 is 0 Å². The van der Waals surface area contributed by atoms with Crippen molar-refractivity contribution in [1.29, 1.82) is 0 Å². The van der Waals surface area contributed by atoms with Crippen LogP contribution in [0.4, 0.5) is 25.4 Å². The van der Waals surface area contributed by atoms with Crippen LogP contribution in [0.25, 0.3) is 0 Å². The zero-order valence-corrected chi connectivity index (χ0v) is 19.7. The Hall–Kier alpha value is -3.62. The molecule has 0 bridgehead atoms. The topological polar surface area (TPSA) is 97.0 Å². The lowest BCUT2D eigenvalue weighted by atomic mass is 9.85. The van der Waals surface area contributed by atoms with Gasteiger partial charge in [-0.2, -0.15) is 0 Å². The first kappa shape index (κ1) is 24.5. The molecule has 1 heterocycles. The molecule has 2 aromatic carbocycles. The van der Waals surface area contributed by atoms with Crippen molar-refractivity contribution in [2.45, 2.75) is 51.2 Å². The molecule has 2 aliphatic rings. The number of hydrogen-bond donors (Lipinski definition) is 2. The van der Waals surface area contributed by atoms with Crippen molar-refractivity contribution >= 4 is 29.5 Å². The molecule has 2 aromatic rings. The van der Waals surface area contributed by atoms with Gasteiger partial charge in [-0.15, -0.1) is 0 Å². The molecule has 0 saturated heterocycles. The van der Waals surface area contributed by atoms with Crippen molar-refractivity contribution in [1.82, 2.24) is 4.90 Å². The van der Waals surface area contributed by atoms with Gasteiger partial charge >= 0.3 is 18.1 Å². The lowest BCUT2D eigenvalue weighted by Crippen LogP contribution is -2.39. The monoisotopic (exact) mass is 483 g/mol. The van der Waals surface area contributed by atoms with E-state index in [1.807, 2.05) is 12.1 Å². The van der Waals surface area contributed by atoms with Gasteiger partial charge in [0, 0.05) is 25.2 Å². The second-order valence-electron chi connectivity index (χ2n) is 9.02. The van der Waals surface area contributed by atoms with Gasteiger partial charge in [0.1, 0.15) is 11.9 Å². The van der Waals surface area contributed by atoms with Crippen LogP contribution in [0.1, 0.15) is 43.2 Å². The molecule has 0 unspecified atom stereocenters. The first-order valence-corrected chi connectivity index (χ1v) is 11.9. The average molecular weight is 484 g/mol. The smallest absolute Gasteiger partial charge is 0.410 e. The van der Waals surface area contributed by atoms with E-state index in [-0.39, 0.29) is 29.8 Å². The zero-order valence-electron chi connectivity index (χ0n) is 19.7. The highest BCUT2D eigenvalue weighted by atomic mass is 19.1. The molecule has 1 fully saturated rings. The SMILES string of the molecule is COC(=O)CC1CCC(OC(=O)N2CCc3cc(NC(=O)Nc4ccccc4F)ccc3C2)CC1. The Labute approximate surface area is 203 Å². The van der Waals surface area contributed by atoms with Crippen LogP contribution in [-0.4, -0.2) is 42.8 Å². The molecule has 0 atom stereocenters. The maximum atomic E-state index is 13.7. The van der Waals surface area contributed by atoms with Gasteiger partial charge in [-0.25, -0.2) is 14.0 Å². The van der Waals surface area contributed by atoms with Gasteiger partial charge in [-0.3, -0.25) is 4.79 Å². The fourth-order valence-corrected chi connectivity index (χ4v) is 4.62. The predicted octanol–water partition coefficient (Wildman–Crippen LogP) is 5.09. The number of benzene rings is 2. The molecular formula is C26H30FN3O5. The molecule has 1 aliphatic carbocycles. The molecule has 0 spiro atoms. The second-order valence-corrected chi connectivity index (χ2v) is 9.02. The predicted molar refractivity (Wildman–Crippen MR) is 128 cm³/mol. The largest absolute Gasteiger partial charge is 0.469 e. The summed E-state index contributed by atoms with van der Waals surface area (Å²) in [5.41, 5.74) is 2.74. The van der Waals surface area contributed by atoms with E-state index in [1.54, 1.807) is 23.1 Å². The fourth-order valence-electron chi connectivity index (χ4n) is 4.62. The number of rotatable bonds is 5. The Kier molecular flexibility index (Phi) is 7.84. The van der Waals surface area contributed by atoms with Gasteiger partial charge in [0.25, 0.3) is 0 Å². The number of nitrogens with zero attached hydrogens (tertiary/aromatic N) is 1. The normalized spacial score (nSPS) is 19.3. The van der Waals surface area contributed by atoms with Crippen molar-refractivity contribution in [2.75, 3.05) is 24.3 Å². The molecular weight excluding hydrogens is 453 g/mol. The van der Waals surface area contributed by atoms with Gasteiger partial charge in [0.2, 0.25) is 0 Å². The highest BCUT2D eigenvalue weighted by Crippen LogP contribution is 2.30. The van der Waals surface area contributed by atoms with Gasteiger partial charge in [-0.05, 0) is 73.4 Å². The fraction of sp³-hybridized carbons (Fsp3) is 0.423. The molecule has 2 N–H and O–H groups in total. The summed E-state index contributed by atoms with van der Waals surface area (Å²) in [6.07, 6.45) is 3.80. The molecule has 1 saturated carbocycles. The summed E-state index contributed by atoms with van der Waals surface area (Å²) in [4.78, 5) is 38.1. The number of para-hydroxylation sites is 1. The summed E-state index contributed by atoms with van der Waals surface area (Å²) >= 11 is 0. The summed E-state index contributed by atoms with van der Waals surface area (Å²) < 4.78 is 24.2. The van der Waals surface area contributed by atoms with E-state index < -0.39 is 11.8 Å². The average Bonchev–Trinajstić information content (AvgIpc) is 2.86. The Morgan fingerprint density at radius 1 is 1.03 bits per heavy atom. The summed E-state index contributed by atoms with van der Waals surface area (Å²) in [6.45, 7) is 0.960. The number of carbonyl (C=O) groups excluding carboxylic acids is 3. The van der Waals surface area contributed by atoms with E-state index in [0.29, 0.717) is 31.6 Å². The van der Waals surface area contributed by atoms with Gasteiger partial charge in [0.15, 0.2) is 0 Å². The number of esters is 1. The number of amides is 3. The number of fused-ring (bicyclic) bond motifs is 1. The van der Waals surface area contributed by atoms with Crippen molar-refractivity contribution in [3.05, 3.63) is 59.4 Å². The third-order valence-electron chi connectivity index (χ3n) is 6.60. The van der Waals surface area contributed by atoms with Gasteiger partial charge in [-0.1, -0.05) is 18.2 Å². The minimum Gasteiger partial charge on any atom is -0.469 e. The van der Waals surface area contributed by atoms with Crippen molar-refractivity contribution in [3.8, 4) is 0 Å². The molecule has 0 radical (unpaired) electrons. The Bertz CT molecular complexity index is 1080. The van der Waals surface area contributed by atoms with Crippen molar-refractivity contribution in [3.63, 3.8) is 0 Å². The third-order valence-corrected chi connectivity index (χ3v) is 6.60. The van der Waals surface area contributed by atoms with Crippen LogP contribution < -0.4 is 10.6 Å². The maximum absolute atomic E-state index is 13.7. The van der Waals surface area contributed by atoms with Gasteiger partial charge in [0.05, 0.1) is 12.8 Å². The van der Waals surface area contributed by atoms with Crippen LogP contribution in [0.2, 0.25) is 0 Å². The van der Waals surface area contributed by atoms with Crippen LogP contribution in [0.5, 0.6) is 0 Å². The summed E-state index contributed by atoms with van der Waals surface area (Å²) in [5, 5.41) is 5.22. The number of nitrogens with one attached hydrogen (secondary N) is 2. The molecule has 8 nitrogen and oxygen atoms in total. The highest BCUT2D eigenvalue weighted by Gasteiger charge is 2.29. The summed E-state index contributed by atoms with van der Waals surface area (Å²) in [6, 6.07) is 11.0. The molecule has 9 heteroatoms. The molecule has 4 rings (SSSR count). The minimum atomic E-state index is -0.530. The third kappa shape index (κ3) is 6.49. The van der Waals surface area contributed by atoms with E-state index >= 15 is 0 Å². The summed E-state index contributed by atoms with van der Waals surface area (Å²) in [7, 11) is 1.40. The molecule has 35 heavy (non-hydrogen) atoms. The lowest BCUT2D eigenvalue weighted by Gasteiger charge is -2.32. The van der Waals surface area contributed by atoms with E-state index in [1.165, 1.54) is 19.2 Å². The number of methoxy groups -OCH3 is 1. The standard InChI is InChI=1S/C26H30FN3O5/c1-34-24(31)14-17-6-10-21(11-7-17)35-26(33)30-13-12-18-15-20(9-8-19(18)16-30)28-25(32)29-23-5-3-2-4-22(23)27/h2-5,8-9,15,17,21H,6-7,10-14,16H2,1H3,(H2,28,29,32). The Morgan fingerprint density at radius 3 is 2.54 bits per heavy atom. The van der Waals surface area contributed by atoms with E-state index in [2.05, 4.69) is 10.6 Å². The Morgan fingerprint density at radius 2 is 1.80 bits per heavy atom. The quantitative estimate of drug-likeness (QED) is 0.578. The van der Waals surface area contributed by atoms with Crippen LogP contribution in [-0.2, 0) is 27.2 Å². The molecule has 1 aliphatic heterocycles. The number of ether oxygens (including phenoxy) is 2. The van der Waals surface area contributed by atoms with Crippen LogP contribution in [0, 0.1) is 11.7 Å². The number of urea groups is 1. The number of halogens is 1. The lowest BCUT2D eigenvalue weighted by molar-refractivity contribution is -0.142. The van der Waals surface area contributed by atoms with E-state index in [0.717, 1.165) is 36.8 Å². The van der Waals surface area contributed by atoms with Crippen LogP contribution in [0.15, 0.2) is 42.5 Å². The first-order valence-electron chi connectivity index (χ1n) is 11.9. The number of hydrogen-bond acceptors (Lipinski definition) is 5. The van der Waals surface area contributed by atoms with E-state index in [4.69, 9.17) is 9.47 Å². The second kappa shape index (κ2) is 11.2. The van der Waals surface area contributed by atoms with Gasteiger partial charge < -0.3 is 25.0 Å². The molecule has 3 amide bonds. The first-order chi connectivity index (χ1) is 16.9. The van der Waals surface area contributed by atoms with Crippen molar-refractivity contribution < 1.29 is 28.2 Å². The number of anilines is 2. The Balaban J connectivity index is 1.26. The maximum Gasteiger partial charge on any atom is 0.410 e. The zero-order chi connectivity index (χ0) is 24.8. The number of carbonyl (C=O) groups is 3. The summed E-state index contributed by atoms with van der Waals surface area (Å²) in [5.74, 6) is -0.410. The minimum absolute atomic E-state index is 0.106. The molecule has 186 valence electrons. The van der Waals surface area contributed by atoms with E-state index in [9.17, 15) is 18.8 Å². The highest BCUT2D eigenvalue weighted by molar-refractivity contribution is 5.99. The molecule has 0 aromatic heterocycles. The van der Waals surface area contributed by atoms with Crippen molar-refractivity contribution in [2.24, 2.45) is 5.92 Å². The van der Waals surface area contributed by atoms with Crippen LogP contribution in [0.3, 0.4) is 0 Å².